The van der Waals surface area contributed by atoms with Crippen LogP contribution in [0.3, 0.4) is 0 Å². The summed E-state index contributed by atoms with van der Waals surface area (Å²) in [6.45, 7) is 2.59. The Morgan fingerprint density at radius 3 is 2.06 bits per heavy atom. The number of hydrogen-bond acceptors (Lipinski definition) is 4. The van der Waals surface area contributed by atoms with Crippen molar-refractivity contribution in [2.45, 2.75) is 32.1 Å². The molecule has 0 spiro atoms. The molecule has 1 aromatic heterocycles. The molecule has 0 N–H and O–H groups in total. The minimum absolute atomic E-state index is 0.139. The number of ether oxygens (including phenoxy) is 1. The van der Waals surface area contributed by atoms with Crippen LogP contribution >= 0.6 is 0 Å². The van der Waals surface area contributed by atoms with E-state index < -0.39 is 0 Å². The topological polar surface area (TPSA) is 67.7 Å². The summed E-state index contributed by atoms with van der Waals surface area (Å²) in [5, 5.41) is 4.41. The fraction of sp³-hybridized carbons (Fsp3) is 0.370. The molecule has 178 valence electrons. The summed E-state index contributed by atoms with van der Waals surface area (Å²) in [4.78, 5) is 29.4. The van der Waals surface area contributed by atoms with E-state index in [9.17, 15) is 9.59 Å². The van der Waals surface area contributed by atoms with Crippen LogP contribution in [0.4, 0.5) is 0 Å². The Balaban J connectivity index is 1.22. The zero-order valence-electron chi connectivity index (χ0n) is 19.7. The molecule has 1 aliphatic heterocycles. The van der Waals surface area contributed by atoms with Crippen molar-refractivity contribution in [1.29, 1.82) is 0 Å². The Morgan fingerprint density at radius 2 is 1.44 bits per heavy atom. The van der Waals surface area contributed by atoms with Crippen LogP contribution in [0.15, 0.2) is 67.0 Å². The third-order valence-electron chi connectivity index (χ3n) is 6.27. The quantitative estimate of drug-likeness (QED) is 0.516. The summed E-state index contributed by atoms with van der Waals surface area (Å²) >= 11 is 0. The van der Waals surface area contributed by atoms with Gasteiger partial charge >= 0.3 is 0 Å². The summed E-state index contributed by atoms with van der Waals surface area (Å²) in [5.74, 6) is 1.11. The smallest absolute Gasteiger partial charge is 0.222 e. The third-order valence-corrected chi connectivity index (χ3v) is 6.27. The Labute approximate surface area is 200 Å². The lowest BCUT2D eigenvalue weighted by Gasteiger charge is -2.22. The van der Waals surface area contributed by atoms with Crippen molar-refractivity contribution >= 4 is 11.8 Å². The highest BCUT2D eigenvalue weighted by atomic mass is 16.5. The maximum absolute atomic E-state index is 12.8. The van der Waals surface area contributed by atoms with Crippen LogP contribution in [0.2, 0.25) is 0 Å². The van der Waals surface area contributed by atoms with Gasteiger partial charge in [0.15, 0.2) is 0 Å². The van der Waals surface area contributed by atoms with Crippen molar-refractivity contribution in [3.8, 4) is 11.4 Å². The van der Waals surface area contributed by atoms with Crippen molar-refractivity contribution in [2.75, 3.05) is 33.3 Å². The lowest BCUT2D eigenvalue weighted by atomic mass is 10.1. The van der Waals surface area contributed by atoms with Gasteiger partial charge in [-0.15, -0.1) is 0 Å². The number of hydrogen-bond donors (Lipinski definition) is 0. The fourth-order valence-electron chi connectivity index (χ4n) is 4.24. The van der Waals surface area contributed by atoms with Crippen molar-refractivity contribution in [1.82, 2.24) is 19.6 Å². The van der Waals surface area contributed by atoms with E-state index in [1.807, 2.05) is 81.5 Å². The molecule has 2 heterocycles. The summed E-state index contributed by atoms with van der Waals surface area (Å²) in [7, 11) is 1.64. The van der Waals surface area contributed by atoms with Crippen LogP contribution in [-0.2, 0) is 22.4 Å². The fourth-order valence-corrected chi connectivity index (χ4v) is 4.24. The summed E-state index contributed by atoms with van der Waals surface area (Å²) in [5.41, 5.74) is 3.17. The number of aryl methyl sites for hydroxylation is 2. The molecule has 4 rings (SSSR count). The number of rotatable bonds is 8. The first-order valence-electron chi connectivity index (χ1n) is 11.9. The Kier molecular flexibility index (Phi) is 7.96. The molecule has 0 bridgehead atoms. The van der Waals surface area contributed by atoms with Crippen LogP contribution in [0.1, 0.15) is 30.4 Å². The predicted octanol–water partition coefficient (Wildman–Crippen LogP) is 3.51. The lowest BCUT2D eigenvalue weighted by Crippen LogP contribution is -2.37. The number of benzene rings is 2. The van der Waals surface area contributed by atoms with E-state index in [-0.39, 0.29) is 11.8 Å². The maximum Gasteiger partial charge on any atom is 0.222 e. The third kappa shape index (κ3) is 6.25. The lowest BCUT2D eigenvalue weighted by molar-refractivity contribution is -0.133. The maximum atomic E-state index is 12.8. The molecule has 0 radical (unpaired) electrons. The van der Waals surface area contributed by atoms with Gasteiger partial charge in [0, 0.05) is 45.2 Å². The van der Waals surface area contributed by atoms with Gasteiger partial charge in [-0.2, -0.15) is 5.10 Å². The Morgan fingerprint density at radius 1 is 0.824 bits per heavy atom. The van der Waals surface area contributed by atoms with E-state index in [1.165, 1.54) is 0 Å². The number of nitrogens with zero attached hydrogens (tertiary/aromatic N) is 4. The van der Waals surface area contributed by atoms with Crippen LogP contribution in [0.25, 0.3) is 5.69 Å². The largest absolute Gasteiger partial charge is 0.497 e. The summed E-state index contributed by atoms with van der Waals surface area (Å²) in [6.07, 6.45) is 6.91. The van der Waals surface area contributed by atoms with E-state index in [4.69, 9.17) is 4.74 Å². The molecule has 0 aliphatic carbocycles. The second-order valence-corrected chi connectivity index (χ2v) is 8.59. The molecule has 1 saturated heterocycles. The van der Waals surface area contributed by atoms with Gasteiger partial charge in [0.25, 0.3) is 0 Å². The van der Waals surface area contributed by atoms with Gasteiger partial charge in [-0.1, -0.05) is 30.3 Å². The van der Waals surface area contributed by atoms with E-state index in [0.29, 0.717) is 51.9 Å². The number of carbonyl (C=O) groups excluding carboxylic acids is 2. The summed E-state index contributed by atoms with van der Waals surface area (Å²) in [6, 6.07) is 17.8. The minimum Gasteiger partial charge on any atom is -0.497 e. The average molecular weight is 461 g/mol. The van der Waals surface area contributed by atoms with E-state index in [1.54, 1.807) is 7.11 Å². The molecule has 34 heavy (non-hydrogen) atoms. The molecule has 3 aromatic rings. The first kappa shape index (κ1) is 23.5. The highest BCUT2D eigenvalue weighted by molar-refractivity contribution is 5.78. The monoisotopic (exact) mass is 460 g/mol. The van der Waals surface area contributed by atoms with Gasteiger partial charge in [-0.3, -0.25) is 9.59 Å². The zero-order valence-corrected chi connectivity index (χ0v) is 19.7. The first-order valence-corrected chi connectivity index (χ1v) is 11.9. The molecule has 0 saturated carbocycles. The molecular weight excluding hydrogens is 428 g/mol. The average Bonchev–Trinajstić information content (AvgIpc) is 3.22. The number of aromatic nitrogens is 2. The van der Waals surface area contributed by atoms with Gasteiger partial charge in [-0.05, 0) is 54.7 Å². The Bertz CT molecular complexity index is 1080. The van der Waals surface area contributed by atoms with Crippen LogP contribution in [0, 0.1) is 0 Å². The van der Waals surface area contributed by atoms with Crippen molar-refractivity contribution in [2.24, 2.45) is 0 Å². The van der Waals surface area contributed by atoms with Gasteiger partial charge in [0.05, 0.1) is 19.0 Å². The van der Waals surface area contributed by atoms with Crippen molar-refractivity contribution < 1.29 is 14.3 Å². The molecule has 7 heteroatoms. The number of amides is 2. The van der Waals surface area contributed by atoms with E-state index >= 15 is 0 Å². The molecule has 2 amide bonds. The Hall–Kier alpha value is -3.61. The van der Waals surface area contributed by atoms with Gasteiger partial charge < -0.3 is 14.5 Å². The van der Waals surface area contributed by atoms with Crippen molar-refractivity contribution in [3.63, 3.8) is 0 Å². The highest BCUT2D eigenvalue weighted by Crippen LogP contribution is 2.15. The SMILES string of the molecule is COc1ccc(CCC(=O)N2CCCN(C(=O)CCc3cnn(-c4ccccc4)c3)CC2)cc1. The zero-order chi connectivity index (χ0) is 23.8. The standard InChI is InChI=1S/C27H32N4O3/c1-34-25-12-8-22(9-13-25)10-14-26(32)29-16-5-17-30(19-18-29)27(33)15-11-23-20-28-31(21-23)24-6-3-2-4-7-24/h2-4,6-9,12-13,20-21H,5,10-11,14-19H2,1H3. The number of methoxy groups -OCH3 is 1. The second-order valence-electron chi connectivity index (χ2n) is 8.59. The number of para-hydroxylation sites is 1. The molecule has 0 atom stereocenters. The molecule has 0 unspecified atom stereocenters. The summed E-state index contributed by atoms with van der Waals surface area (Å²) < 4.78 is 7.02. The van der Waals surface area contributed by atoms with E-state index in [0.717, 1.165) is 29.0 Å². The normalized spacial score (nSPS) is 14.0. The van der Waals surface area contributed by atoms with Gasteiger partial charge in [0.2, 0.25) is 11.8 Å². The van der Waals surface area contributed by atoms with Crippen LogP contribution in [-0.4, -0.2) is 64.7 Å². The van der Waals surface area contributed by atoms with Crippen LogP contribution < -0.4 is 4.74 Å². The number of carbonyl (C=O) groups is 2. The van der Waals surface area contributed by atoms with Crippen molar-refractivity contribution in [3.05, 3.63) is 78.1 Å². The minimum atomic E-state index is 0.139. The second kappa shape index (κ2) is 11.5. The molecule has 1 aliphatic rings. The van der Waals surface area contributed by atoms with Gasteiger partial charge in [-0.25, -0.2) is 4.68 Å². The first-order chi connectivity index (χ1) is 16.6. The highest BCUT2D eigenvalue weighted by Gasteiger charge is 2.22. The molecular formula is C27H32N4O3. The van der Waals surface area contributed by atoms with Crippen LogP contribution in [0.5, 0.6) is 5.75 Å². The molecule has 7 nitrogen and oxygen atoms in total. The van der Waals surface area contributed by atoms with E-state index in [2.05, 4.69) is 5.10 Å². The molecule has 2 aromatic carbocycles. The van der Waals surface area contributed by atoms with Gasteiger partial charge in [0.1, 0.15) is 5.75 Å². The predicted molar refractivity (Wildman–Crippen MR) is 131 cm³/mol. The molecule has 1 fully saturated rings.